The molecule has 1 heterocycles. The van der Waals surface area contributed by atoms with Crippen LogP contribution in [0.25, 0.3) is 0 Å². The van der Waals surface area contributed by atoms with E-state index in [1.54, 1.807) is 22.6 Å². The maximum atomic E-state index is 12.1. The average molecular weight is 287 g/mol. The SMILES string of the molecule is Cc1cc(C(F)(F)F)cc(I)n1. The zero-order valence-corrected chi connectivity index (χ0v) is 8.27. The summed E-state index contributed by atoms with van der Waals surface area (Å²) >= 11 is 1.76. The summed E-state index contributed by atoms with van der Waals surface area (Å²) in [5.74, 6) is 0. The highest BCUT2D eigenvalue weighted by molar-refractivity contribution is 14.1. The van der Waals surface area contributed by atoms with E-state index in [2.05, 4.69) is 4.98 Å². The second-order valence-electron chi connectivity index (χ2n) is 2.32. The largest absolute Gasteiger partial charge is 0.416 e. The minimum atomic E-state index is -4.27. The van der Waals surface area contributed by atoms with Gasteiger partial charge in [0.05, 0.1) is 5.56 Å². The van der Waals surface area contributed by atoms with Crippen LogP contribution in [-0.2, 0) is 6.18 Å². The maximum absolute atomic E-state index is 12.1. The quantitative estimate of drug-likeness (QED) is 0.528. The molecular weight excluding hydrogens is 282 g/mol. The number of hydrogen-bond acceptors (Lipinski definition) is 1. The van der Waals surface area contributed by atoms with Crippen LogP contribution in [0.15, 0.2) is 12.1 Å². The van der Waals surface area contributed by atoms with Gasteiger partial charge in [-0.05, 0) is 41.6 Å². The van der Waals surface area contributed by atoms with Crippen LogP contribution in [0.4, 0.5) is 13.2 Å². The maximum Gasteiger partial charge on any atom is 0.416 e. The number of alkyl halides is 3. The highest BCUT2D eigenvalue weighted by Crippen LogP contribution is 2.29. The fraction of sp³-hybridized carbons (Fsp3) is 0.286. The minimum absolute atomic E-state index is 0.361. The number of aryl methyl sites for hydroxylation is 1. The van der Waals surface area contributed by atoms with Crippen LogP contribution >= 0.6 is 22.6 Å². The van der Waals surface area contributed by atoms with Gasteiger partial charge in [-0.2, -0.15) is 13.2 Å². The van der Waals surface area contributed by atoms with E-state index in [9.17, 15) is 13.2 Å². The van der Waals surface area contributed by atoms with Gasteiger partial charge in [0.2, 0.25) is 0 Å². The van der Waals surface area contributed by atoms with Gasteiger partial charge in [0, 0.05) is 5.69 Å². The number of nitrogens with zero attached hydrogens (tertiary/aromatic N) is 1. The Balaban J connectivity index is 3.18. The van der Waals surface area contributed by atoms with E-state index in [1.807, 2.05) is 0 Å². The van der Waals surface area contributed by atoms with Gasteiger partial charge in [0.25, 0.3) is 0 Å². The molecule has 1 rings (SSSR count). The third kappa shape index (κ3) is 2.33. The highest BCUT2D eigenvalue weighted by Gasteiger charge is 2.30. The fourth-order valence-electron chi connectivity index (χ4n) is 0.792. The van der Waals surface area contributed by atoms with Gasteiger partial charge in [-0.3, -0.25) is 0 Å². The van der Waals surface area contributed by atoms with Crippen molar-refractivity contribution in [2.75, 3.05) is 0 Å². The summed E-state index contributed by atoms with van der Waals surface area (Å²) < 4.78 is 36.7. The van der Waals surface area contributed by atoms with Gasteiger partial charge in [0.1, 0.15) is 3.70 Å². The molecule has 12 heavy (non-hydrogen) atoms. The zero-order valence-electron chi connectivity index (χ0n) is 6.11. The molecule has 1 aromatic rings. The van der Waals surface area contributed by atoms with Crippen LogP contribution in [0, 0.1) is 10.6 Å². The lowest BCUT2D eigenvalue weighted by Gasteiger charge is -2.06. The lowest BCUT2D eigenvalue weighted by atomic mass is 10.2. The first-order chi connectivity index (χ1) is 5.39. The molecule has 0 bridgehead atoms. The van der Waals surface area contributed by atoms with Gasteiger partial charge < -0.3 is 0 Å². The van der Waals surface area contributed by atoms with Crippen molar-refractivity contribution in [1.29, 1.82) is 0 Å². The monoisotopic (exact) mass is 287 g/mol. The van der Waals surface area contributed by atoms with Crippen molar-refractivity contribution in [3.63, 3.8) is 0 Å². The third-order valence-corrected chi connectivity index (χ3v) is 1.80. The Morgan fingerprint density at radius 3 is 2.33 bits per heavy atom. The van der Waals surface area contributed by atoms with Crippen LogP contribution in [0.1, 0.15) is 11.3 Å². The molecule has 0 N–H and O–H groups in total. The molecule has 0 aliphatic rings. The Labute approximate surface area is 81.1 Å². The van der Waals surface area contributed by atoms with Crippen LogP contribution in [0.5, 0.6) is 0 Å². The molecule has 0 unspecified atom stereocenters. The van der Waals surface area contributed by atoms with Crippen molar-refractivity contribution in [2.45, 2.75) is 13.1 Å². The van der Waals surface area contributed by atoms with Crippen molar-refractivity contribution < 1.29 is 13.2 Å². The lowest BCUT2D eigenvalue weighted by molar-refractivity contribution is -0.137. The number of aromatic nitrogens is 1. The molecule has 0 atom stereocenters. The molecule has 0 aliphatic carbocycles. The van der Waals surface area contributed by atoms with Crippen LogP contribution in [-0.4, -0.2) is 4.98 Å². The summed E-state index contributed by atoms with van der Waals surface area (Å²) in [4.78, 5) is 3.83. The van der Waals surface area contributed by atoms with E-state index in [0.29, 0.717) is 9.39 Å². The summed E-state index contributed by atoms with van der Waals surface area (Å²) in [5, 5.41) is 0. The zero-order chi connectivity index (χ0) is 9.35. The Kier molecular flexibility index (Phi) is 2.60. The van der Waals surface area contributed by atoms with Crippen LogP contribution in [0.3, 0.4) is 0 Å². The fourth-order valence-corrected chi connectivity index (χ4v) is 1.51. The molecule has 0 radical (unpaired) electrons. The molecule has 66 valence electrons. The van der Waals surface area contributed by atoms with Crippen molar-refractivity contribution in [3.05, 3.63) is 27.1 Å². The van der Waals surface area contributed by atoms with Crippen molar-refractivity contribution in [1.82, 2.24) is 4.98 Å². The number of hydrogen-bond donors (Lipinski definition) is 0. The van der Waals surface area contributed by atoms with E-state index in [-0.39, 0.29) is 0 Å². The Bertz CT molecular complexity index is 275. The van der Waals surface area contributed by atoms with Crippen molar-refractivity contribution in [2.24, 2.45) is 0 Å². The first-order valence-corrected chi connectivity index (χ1v) is 4.19. The molecule has 0 amide bonds. The van der Waals surface area contributed by atoms with Gasteiger partial charge >= 0.3 is 6.18 Å². The molecule has 0 fully saturated rings. The molecule has 0 aromatic carbocycles. The lowest BCUT2D eigenvalue weighted by Crippen LogP contribution is -2.06. The molecule has 1 aromatic heterocycles. The molecule has 5 heteroatoms. The second-order valence-corrected chi connectivity index (χ2v) is 3.42. The van der Waals surface area contributed by atoms with Crippen LogP contribution in [0.2, 0.25) is 0 Å². The smallest absolute Gasteiger partial charge is 0.247 e. The van der Waals surface area contributed by atoms with E-state index in [4.69, 9.17) is 0 Å². The number of halogens is 4. The van der Waals surface area contributed by atoms with Crippen LogP contribution < -0.4 is 0 Å². The average Bonchev–Trinajstić information content (AvgIpc) is 1.82. The van der Waals surface area contributed by atoms with E-state index in [1.165, 1.54) is 6.92 Å². The predicted octanol–water partition coefficient (Wildman–Crippen LogP) is 3.01. The first-order valence-electron chi connectivity index (χ1n) is 3.11. The summed E-state index contributed by atoms with van der Waals surface area (Å²) in [6.45, 7) is 1.54. The molecule has 1 nitrogen and oxygen atoms in total. The Morgan fingerprint density at radius 2 is 1.92 bits per heavy atom. The minimum Gasteiger partial charge on any atom is -0.247 e. The first kappa shape index (κ1) is 9.76. The summed E-state index contributed by atoms with van der Waals surface area (Å²) in [7, 11) is 0. The van der Waals surface area contributed by atoms with E-state index in [0.717, 1.165) is 12.1 Å². The Morgan fingerprint density at radius 1 is 1.33 bits per heavy atom. The summed E-state index contributed by atoms with van der Waals surface area (Å²) in [6.07, 6.45) is -4.27. The third-order valence-electron chi connectivity index (χ3n) is 1.25. The van der Waals surface area contributed by atoms with Crippen molar-refractivity contribution >= 4 is 22.6 Å². The normalized spacial score (nSPS) is 11.8. The predicted molar refractivity (Wildman–Crippen MR) is 46.7 cm³/mol. The second kappa shape index (κ2) is 3.20. The topological polar surface area (TPSA) is 12.9 Å². The van der Waals surface area contributed by atoms with E-state index < -0.39 is 11.7 Å². The van der Waals surface area contributed by atoms with Gasteiger partial charge in [0.15, 0.2) is 0 Å². The number of pyridine rings is 1. The summed E-state index contributed by atoms with van der Waals surface area (Å²) in [6, 6.07) is 2.05. The van der Waals surface area contributed by atoms with Gasteiger partial charge in [-0.15, -0.1) is 0 Å². The van der Waals surface area contributed by atoms with Crippen molar-refractivity contribution in [3.8, 4) is 0 Å². The molecule has 0 spiro atoms. The Hall–Kier alpha value is -0.330. The van der Waals surface area contributed by atoms with Gasteiger partial charge in [-0.25, -0.2) is 4.98 Å². The number of rotatable bonds is 0. The van der Waals surface area contributed by atoms with Gasteiger partial charge in [-0.1, -0.05) is 0 Å². The standard InChI is InChI=1S/C7H5F3IN/c1-4-2-5(7(8,9)10)3-6(11)12-4/h2-3H,1H3. The highest BCUT2D eigenvalue weighted by atomic mass is 127. The molecule has 0 aliphatic heterocycles. The summed E-state index contributed by atoms with van der Waals surface area (Å²) in [5.41, 5.74) is -0.256. The van der Waals surface area contributed by atoms with E-state index >= 15 is 0 Å². The molecule has 0 saturated heterocycles. The molecular formula is C7H5F3IN. The molecule has 0 saturated carbocycles.